The number of aromatic nitrogens is 2. The molecule has 44 heavy (non-hydrogen) atoms. The number of amides is 2. The topological polar surface area (TPSA) is 70.9 Å². The minimum Gasteiger partial charge on any atom is -0.442 e. The van der Waals surface area contributed by atoms with Crippen molar-refractivity contribution in [1.29, 1.82) is 0 Å². The van der Waals surface area contributed by atoms with Gasteiger partial charge in [0.1, 0.15) is 5.60 Å². The standard InChI is InChI=1S/C36H53N5O3/c1-4-5-11-30-26-40(25-29-9-7-6-8-10-29)35(43)44-36(30)18-22-38(23-19-36)31-16-20-39(21-17-31)34(42)33-24-37-41(28(33)3)32-14-12-27(2)13-15-32/h12-15,24,29-31H,4-11,16-23,25-26H2,1-3H3. The lowest BCUT2D eigenvalue weighted by Crippen LogP contribution is -2.61. The van der Waals surface area contributed by atoms with Crippen LogP contribution in [0.15, 0.2) is 30.5 Å². The molecule has 6 rings (SSSR count). The van der Waals surface area contributed by atoms with Gasteiger partial charge in [0.15, 0.2) is 0 Å². The normalized spacial score (nSPS) is 23.7. The highest BCUT2D eigenvalue weighted by Gasteiger charge is 2.50. The summed E-state index contributed by atoms with van der Waals surface area (Å²) in [5.74, 6) is 1.15. The molecule has 1 atom stereocenters. The van der Waals surface area contributed by atoms with E-state index in [4.69, 9.17) is 4.74 Å². The van der Waals surface area contributed by atoms with Gasteiger partial charge in [-0.1, -0.05) is 56.7 Å². The fourth-order valence-electron chi connectivity index (χ4n) is 8.41. The lowest BCUT2D eigenvalue weighted by molar-refractivity contribution is -0.127. The molecule has 1 aromatic heterocycles. The van der Waals surface area contributed by atoms with Crippen LogP contribution in [0.3, 0.4) is 0 Å². The SMILES string of the molecule is CCCCC1CN(CC2CCCCC2)C(=O)OC12CCN(C1CCN(C(=O)c3cnn(-c4ccc(C)cc4)c3C)CC1)CC2. The first-order chi connectivity index (χ1) is 21.4. The van der Waals surface area contributed by atoms with Gasteiger partial charge >= 0.3 is 6.09 Å². The van der Waals surface area contributed by atoms with Crippen LogP contribution in [0.4, 0.5) is 4.79 Å². The molecule has 4 aliphatic rings. The Balaban J connectivity index is 1.03. The molecule has 1 saturated carbocycles. The molecular formula is C36H53N5O3. The summed E-state index contributed by atoms with van der Waals surface area (Å²) in [4.78, 5) is 33.5. The first kappa shape index (κ1) is 31.1. The first-order valence-corrected chi connectivity index (χ1v) is 17.5. The van der Waals surface area contributed by atoms with Crippen molar-refractivity contribution in [2.24, 2.45) is 11.8 Å². The quantitative estimate of drug-likeness (QED) is 0.333. The number of hydrogen-bond donors (Lipinski definition) is 0. The smallest absolute Gasteiger partial charge is 0.410 e. The number of nitrogens with zero attached hydrogens (tertiary/aromatic N) is 5. The average molecular weight is 604 g/mol. The highest BCUT2D eigenvalue weighted by atomic mass is 16.6. The van der Waals surface area contributed by atoms with Gasteiger partial charge in [-0.15, -0.1) is 0 Å². The Kier molecular flexibility index (Phi) is 9.65. The third-order valence-electron chi connectivity index (χ3n) is 11.3. The Morgan fingerprint density at radius 2 is 1.68 bits per heavy atom. The average Bonchev–Trinajstić information content (AvgIpc) is 3.43. The van der Waals surface area contributed by atoms with Crippen molar-refractivity contribution in [2.45, 2.75) is 109 Å². The summed E-state index contributed by atoms with van der Waals surface area (Å²) in [6, 6.07) is 8.71. The highest BCUT2D eigenvalue weighted by Crippen LogP contribution is 2.42. The molecule has 8 nitrogen and oxygen atoms in total. The van der Waals surface area contributed by atoms with E-state index in [1.54, 1.807) is 6.20 Å². The van der Waals surface area contributed by atoms with Crippen molar-refractivity contribution in [2.75, 3.05) is 39.3 Å². The molecule has 2 amide bonds. The number of likely N-dealkylation sites (tertiary alicyclic amines) is 2. The van der Waals surface area contributed by atoms with E-state index < -0.39 is 0 Å². The van der Waals surface area contributed by atoms with Crippen molar-refractivity contribution in [3.8, 4) is 5.69 Å². The van der Waals surface area contributed by atoms with Crippen LogP contribution in [0, 0.1) is 25.7 Å². The van der Waals surface area contributed by atoms with E-state index in [0.29, 0.717) is 23.4 Å². The van der Waals surface area contributed by atoms with Crippen molar-refractivity contribution in [3.05, 3.63) is 47.3 Å². The summed E-state index contributed by atoms with van der Waals surface area (Å²) in [6.07, 6.45) is 15.5. The number of carbonyl (C=O) groups is 2. The van der Waals surface area contributed by atoms with Gasteiger partial charge in [0.05, 0.1) is 23.1 Å². The minimum absolute atomic E-state index is 0.0652. The molecular weight excluding hydrogens is 550 g/mol. The third-order valence-corrected chi connectivity index (χ3v) is 11.3. The number of unbranched alkanes of at least 4 members (excludes halogenated alkanes) is 1. The summed E-state index contributed by atoms with van der Waals surface area (Å²) in [7, 11) is 0. The number of benzene rings is 1. The maximum atomic E-state index is 13.5. The fourth-order valence-corrected chi connectivity index (χ4v) is 8.41. The molecule has 0 bridgehead atoms. The van der Waals surface area contributed by atoms with Crippen molar-refractivity contribution < 1.29 is 14.3 Å². The second kappa shape index (κ2) is 13.6. The van der Waals surface area contributed by atoms with E-state index in [9.17, 15) is 9.59 Å². The zero-order valence-corrected chi connectivity index (χ0v) is 27.3. The predicted molar refractivity (Wildman–Crippen MR) is 173 cm³/mol. The fraction of sp³-hybridized carbons (Fsp3) is 0.694. The molecule has 2 aromatic rings. The van der Waals surface area contributed by atoms with Crippen molar-refractivity contribution >= 4 is 12.0 Å². The Labute approximate surface area is 264 Å². The van der Waals surface area contributed by atoms with E-state index in [-0.39, 0.29) is 17.6 Å². The summed E-state index contributed by atoms with van der Waals surface area (Å²) in [6.45, 7) is 11.5. The summed E-state index contributed by atoms with van der Waals surface area (Å²) < 4.78 is 8.33. The lowest BCUT2D eigenvalue weighted by Gasteiger charge is -2.52. The van der Waals surface area contributed by atoms with E-state index >= 15 is 0 Å². The van der Waals surface area contributed by atoms with Gasteiger partial charge in [0, 0.05) is 64.1 Å². The van der Waals surface area contributed by atoms with Gasteiger partial charge in [0.25, 0.3) is 5.91 Å². The Morgan fingerprint density at radius 3 is 2.36 bits per heavy atom. The van der Waals surface area contributed by atoms with Crippen LogP contribution in [0.2, 0.25) is 0 Å². The first-order valence-electron chi connectivity index (χ1n) is 17.5. The molecule has 1 spiro atoms. The summed E-state index contributed by atoms with van der Waals surface area (Å²) in [5.41, 5.74) is 3.45. The number of ether oxygens (including phenoxy) is 1. The molecule has 0 N–H and O–H groups in total. The molecule has 8 heteroatoms. The zero-order valence-electron chi connectivity index (χ0n) is 27.3. The van der Waals surface area contributed by atoms with Crippen LogP contribution in [0.5, 0.6) is 0 Å². The molecule has 4 fully saturated rings. The summed E-state index contributed by atoms with van der Waals surface area (Å²) >= 11 is 0. The minimum atomic E-state index is -0.308. The maximum Gasteiger partial charge on any atom is 0.410 e. The van der Waals surface area contributed by atoms with E-state index in [1.807, 2.05) is 28.6 Å². The lowest BCUT2D eigenvalue weighted by atomic mass is 9.75. The second-order valence-corrected chi connectivity index (χ2v) is 14.1. The largest absolute Gasteiger partial charge is 0.442 e. The zero-order chi connectivity index (χ0) is 30.7. The molecule has 4 heterocycles. The number of carbonyl (C=O) groups excluding carboxylic acids is 2. The van der Waals surface area contributed by atoms with E-state index in [1.165, 1.54) is 50.5 Å². The predicted octanol–water partition coefficient (Wildman–Crippen LogP) is 6.77. The van der Waals surface area contributed by atoms with Gasteiger partial charge in [0.2, 0.25) is 0 Å². The molecule has 0 radical (unpaired) electrons. The molecule has 240 valence electrons. The van der Waals surface area contributed by atoms with Crippen molar-refractivity contribution in [1.82, 2.24) is 24.5 Å². The highest BCUT2D eigenvalue weighted by molar-refractivity contribution is 5.95. The molecule has 3 saturated heterocycles. The molecule has 1 aliphatic carbocycles. The van der Waals surface area contributed by atoms with Crippen LogP contribution in [0.25, 0.3) is 5.69 Å². The van der Waals surface area contributed by atoms with Crippen molar-refractivity contribution in [3.63, 3.8) is 0 Å². The number of rotatable bonds is 8. The Hall–Kier alpha value is -2.87. The monoisotopic (exact) mass is 603 g/mol. The second-order valence-electron chi connectivity index (χ2n) is 14.1. The summed E-state index contributed by atoms with van der Waals surface area (Å²) in [5, 5.41) is 4.55. The number of aryl methyl sites for hydroxylation is 1. The Morgan fingerprint density at radius 1 is 0.977 bits per heavy atom. The maximum absolute atomic E-state index is 13.5. The molecule has 1 aromatic carbocycles. The van der Waals surface area contributed by atoms with Gasteiger partial charge < -0.3 is 14.5 Å². The Bertz CT molecular complexity index is 1270. The number of piperidine rings is 2. The van der Waals surface area contributed by atoms with Crippen LogP contribution in [-0.4, -0.2) is 87.4 Å². The molecule has 3 aliphatic heterocycles. The van der Waals surface area contributed by atoms with Crippen LogP contribution < -0.4 is 0 Å². The van der Waals surface area contributed by atoms with Gasteiger partial charge in [-0.05, 0) is 64.0 Å². The molecule has 1 unspecified atom stereocenters. The van der Waals surface area contributed by atoms with Gasteiger partial charge in [-0.3, -0.25) is 9.69 Å². The van der Waals surface area contributed by atoms with Crippen LogP contribution in [0.1, 0.15) is 106 Å². The van der Waals surface area contributed by atoms with Crippen LogP contribution >= 0.6 is 0 Å². The van der Waals surface area contributed by atoms with Gasteiger partial charge in [-0.2, -0.15) is 5.10 Å². The van der Waals surface area contributed by atoms with Gasteiger partial charge in [-0.25, -0.2) is 9.48 Å². The van der Waals surface area contributed by atoms with E-state index in [2.05, 4.69) is 40.9 Å². The van der Waals surface area contributed by atoms with Crippen LogP contribution in [-0.2, 0) is 4.74 Å². The third kappa shape index (κ3) is 6.56. The van der Waals surface area contributed by atoms with E-state index in [0.717, 1.165) is 82.8 Å². The number of hydrogen-bond acceptors (Lipinski definition) is 5.